The minimum absolute atomic E-state index is 0.251. The largest absolute Gasteiger partial charge is 0.444 e. The van der Waals surface area contributed by atoms with Crippen LogP contribution in [0.4, 0.5) is 10.7 Å². The zero-order chi connectivity index (χ0) is 27.4. The van der Waals surface area contributed by atoms with Crippen LogP contribution in [0.15, 0.2) is 9.59 Å². The van der Waals surface area contributed by atoms with Gasteiger partial charge in [0.2, 0.25) is 5.95 Å². The fourth-order valence-electron chi connectivity index (χ4n) is 4.87. The Morgan fingerprint density at radius 2 is 1.76 bits per heavy atom. The number of nitrogens with zero attached hydrogens (tertiary/aromatic N) is 7. The molecule has 2 aromatic rings. The molecule has 1 N–H and O–H groups in total. The van der Waals surface area contributed by atoms with Gasteiger partial charge in [-0.15, -0.1) is 5.92 Å². The second-order valence-corrected chi connectivity index (χ2v) is 10.8. The number of carbonyl (C=O) groups is 1. The molecule has 0 aromatic carbocycles. The van der Waals surface area contributed by atoms with Crippen molar-refractivity contribution >= 4 is 23.2 Å². The van der Waals surface area contributed by atoms with Crippen LogP contribution in [0.3, 0.4) is 0 Å². The van der Waals surface area contributed by atoms with Crippen molar-refractivity contribution in [2.45, 2.75) is 52.8 Å². The zero-order valence-electron chi connectivity index (χ0n) is 23.2. The first-order valence-corrected chi connectivity index (χ1v) is 13.4. The highest BCUT2D eigenvalue weighted by molar-refractivity contribution is 5.75. The zero-order valence-corrected chi connectivity index (χ0v) is 23.2. The van der Waals surface area contributed by atoms with Crippen LogP contribution in [0.25, 0.3) is 11.2 Å². The summed E-state index contributed by atoms with van der Waals surface area (Å²) in [5, 5.41) is 3.39. The Hall–Kier alpha value is -3.30. The van der Waals surface area contributed by atoms with Crippen LogP contribution < -0.4 is 21.5 Å². The van der Waals surface area contributed by atoms with E-state index in [0.29, 0.717) is 56.4 Å². The van der Waals surface area contributed by atoms with Gasteiger partial charge in [-0.3, -0.25) is 23.4 Å². The predicted octanol–water partition coefficient (Wildman–Crippen LogP) is 0.272. The molecular weight excluding hydrogens is 488 g/mol. The molecule has 0 bridgehead atoms. The van der Waals surface area contributed by atoms with Crippen LogP contribution in [-0.4, -0.2) is 99.1 Å². The van der Waals surface area contributed by atoms with Gasteiger partial charge in [-0.05, 0) is 40.7 Å². The van der Waals surface area contributed by atoms with E-state index in [4.69, 9.17) is 9.72 Å². The first-order chi connectivity index (χ1) is 18.1. The number of hydrogen-bond acceptors (Lipinski definition) is 8. The molecule has 0 spiro atoms. The molecule has 38 heavy (non-hydrogen) atoms. The number of anilines is 1. The summed E-state index contributed by atoms with van der Waals surface area (Å²) in [4.78, 5) is 50.1. The van der Waals surface area contributed by atoms with Gasteiger partial charge in [0.1, 0.15) is 5.60 Å². The Kier molecular flexibility index (Phi) is 8.47. The molecule has 1 amide bonds. The highest BCUT2D eigenvalue weighted by atomic mass is 16.6. The maximum Gasteiger partial charge on any atom is 0.410 e. The number of carbonyl (C=O) groups excluding carboxylic acids is 1. The van der Waals surface area contributed by atoms with E-state index in [1.54, 1.807) is 18.9 Å². The minimum atomic E-state index is -0.534. The number of amides is 1. The molecule has 2 aliphatic rings. The van der Waals surface area contributed by atoms with E-state index in [1.807, 2.05) is 25.3 Å². The van der Waals surface area contributed by atoms with Gasteiger partial charge in [0.05, 0.1) is 6.54 Å². The third-order valence-corrected chi connectivity index (χ3v) is 6.91. The van der Waals surface area contributed by atoms with Crippen molar-refractivity contribution in [3.05, 3.63) is 20.8 Å². The summed E-state index contributed by atoms with van der Waals surface area (Å²) in [5.74, 6) is 6.66. The van der Waals surface area contributed by atoms with Crippen molar-refractivity contribution in [2.24, 2.45) is 7.05 Å². The number of nitrogens with one attached hydrogen (secondary N) is 1. The number of aryl methyl sites for hydroxylation is 1. The molecule has 4 heterocycles. The molecule has 2 aromatic heterocycles. The number of aromatic nitrogens is 4. The van der Waals surface area contributed by atoms with Crippen LogP contribution in [0.2, 0.25) is 0 Å². The average Bonchev–Trinajstić information content (AvgIpc) is 3.04. The SMILES string of the molecule is CC#CCn1c(N2CCCNCC2)nc2c1c(=O)n(CCN1CCN(C(=O)OC(C)(C)C)CC1)c(=O)n2C. The van der Waals surface area contributed by atoms with Gasteiger partial charge in [0.25, 0.3) is 5.56 Å². The van der Waals surface area contributed by atoms with Crippen molar-refractivity contribution in [3.63, 3.8) is 0 Å². The van der Waals surface area contributed by atoms with Crippen molar-refractivity contribution < 1.29 is 9.53 Å². The highest BCUT2D eigenvalue weighted by Gasteiger charge is 2.27. The Labute approximate surface area is 223 Å². The van der Waals surface area contributed by atoms with E-state index in [9.17, 15) is 14.4 Å². The van der Waals surface area contributed by atoms with Gasteiger partial charge in [-0.2, -0.15) is 4.98 Å². The Bertz CT molecular complexity index is 1320. The lowest BCUT2D eigenvalue weighted by molar-refractivity contribution is 0.0142. The van der Waals surface area contributed by atoms with Gasteiger partial charge in [0, 0.05) is 66.0 Å². The molecule has 0 radical (unpaired) electrons. The molecule has 2 fully saturated rings. The van der Waals surface area contributed by atoms with E-state index in [1.165, 1.54) is 9.13 Å². The Balaban J connectivity index is 1.56. The number of rotatable bonds is 5. The van der Waals surface area contributed by atoms with Crippen LogP contribution in [0.1, 0.15) is 34.1 Å². The first kappa shape index (κ1) is 27.7. The van der Waals surface area contributed by atoms with E-state index >= 15 is 0 Å². The minimum Gasteiger partial charge on any atom is -0.444 e. The van der Waals surface area contributed by atoms with Crippen molar-refractivity contribution in [1.29, 1.82) is 0 Å². The lowest BCUT2D eigenvalue weighted by atomic mass is 10.2. The monoisotopic (exact) mass is 528 g/mol. The maximum atomic E-state index is 13.7. The summed E-state index contributed by atoms with van der Waals surface area (Å²) in [7, 11) is 1.66. The van der Waals surface area contributed by atoms with Crippen molar-refractivity contribution in [2.75, 3.05) is 63.8 Å². The van der Waals surface area contributed by atoms with E-state index < -0.39 is 5.60 Å². The van der Waals surface area contributed by atoms with E-state index in [2.05, 4.69) is 27.0 Å². The molecule has 2 saturated heterocycles. The molecule has 2 aliphatic heterocycles. The second kappa shape index (κ2) is 11.6. The van der Waals surface area contributed by atoms with E-state index in [0.717, 1.165) is 32.6 Å². The number of piperazine rings is 1. The first-order valence-electron chi connectivity index (χ1n) is 13.4. The summed E-state index contributed by atoms with van der Waals surface area (Å²) in [6.07, 6.45) is 0.652. The van der Waals surface area contributed by atoms with Gasteiger partial charge in [0.15, 0.2) is 11.2 Å². The fraction of sp³-hybridized carbons (Fsp3) is 0.692. The normalized spacial score (nSPS) is 17.3. The van der Waals surface area contributed by atoms with Gasteiger partial charge in [-0.1, -0.05) is 5.92 Å². The highest BCUT2D eigenvalue weighted by Crippen LogP contribution is 2.20. The molecule has 0 saturated carbocycles. The molecule has 0 atom stereocenters. The van der Waals surface area contributed by atoms with Crippen LogP contribution in [-0.2, 0) is 24.9 Å². The Morgan fingerprint density at radius 3 is 2.45 bits per heavy atom. The smallest absolute Gasteiger partial charge is 0.410 e. The third kappa shape index (κ3) is 6.05. The van der Waals surface area contributed by atoms with Gasteiger partial charge < -0.3 is 19.9 Å². The number of fused-ring (bicyclic) bond motifs is 1. The molecule has 12 nitrogen and oxygen atoms in total. The topological polar surface area (TPSA) is 110 Å². The molecular formula is C26H40N8O4. The summed E-state index contributed by atoms with van der Waals surface area (Å²) in [6, 6.07) is 0. The van der Waals surface area contributed by atoms with Gasteiger partial charge >= 0.3 is 11.8 Å². The molecule has 0 aliphatic carbocycles. The lowest BCUT2D eigenvalue weighted by Crippen LogP contribution is -2.51. The number of ether oxygens (including phenoxy) is 1. The molecule has 4 rings (SSSR count). The van der Waals surface area contributed by atoms with Crippen LogP contribution in [0.5, 0.6) is 0 Å². The predicted molar refractivity (Wildman–Crippen MR) is 147 cm³/mol. The third-order valence-electron chi connectivity index (χ3n) is 6.91. The van der Waals surface area contributed by atoms with E-state index in [-0.39, 0.29) is 23.9 Å². The number of imidazole rings is 1. The molecule has 0 unspecified atom stereocenters. The summed E-state index contributed by atoms with van der Waals surface area (Å²) in [5.41, 5.74) is -0.484. The Morgan fingerprint density at radius 1 is 1.03 bits per heavy atom. The second-order valence-electron chi connectivity index (χ2n) is 10.8. The molecule has 208 valence electrons. The summed E-state index contributed by atoms with van der Waals surface area (Å²) in [6.45, 7) is 14.1. The van der Waals surface area contributed by atoms with Gasteiger partial charge in [-0.25, -0.2) is 9.59 Å². The summed E-state index contributed by atoms with van der Waals surface area (Å²) >= 11 is 0. The number of hydrogen-bond donors (Lipinski definition) is 1. The standard InChI is InChI=1S/C26H40N8O4/c1-6-7-12-33-20-21(28-23(33)31-11-8-9-27-10-13-31)29(5)24(36)34(22(20)35)19-16-30-14-17-32(18-15-30)25(37)38-26(2,3)4/h27H,8-19H2,1-5H3. The van der Waals surface area contributed by atoms with Crippen LogP contribution >= 0.6 is 0 Å². The lowest BCUT2D eigenvalue weighted by Gasteiger charge is -2.35. The average molecular weight is 529 g/mol. The summed E-state index contributed by atoms with van der Waals surface area (Å²) < 4.78 is 10.1. The van der Waals surface area contributed by atoms with Crippen molar-refractivity contribution in [1.82, 2.24) is 33.8 Å². The van der Waals surface area contributed by atoms with Crippen LogP contribution in [0, 0.1) is 11.8 Å². The maximum absolute atomic E-state index is 13.7. The quantitative estimate of drug-likeness (QED) is 0.551. The fourth-order valence-corrected chi connectivity index (χ4v) is 4.87. The molecule has 12 heteroatoms. The van der Waals surface area contributed by atoms with Crippen molar-refractivity contribution in [3.8, 4) is 11.8 Å².